The van der Waals surface area contributed by atoms with Crippen molar-refractivity contribution >= 4 is 27.3 Å². The first-order chi connectivity index (χ1) is 12.8. The fourth-order valence-electron chi connectivity index (χ4n) is 3.54. The fraction of sp³-hybridized carbons (Fsp3) is 0.579. The highest BCUT2D eigenvalue weighted by Gasteiger charge is 2.28. The van der Waals surface area contributed by atoms with Gasteiger partial charge in [-0.25, -0.2) is 8.42 Å². The lowest BCUT2D eigenvalue weighted by atomic mass is 10.0. The van der Waals surface area contributed by atoms with Gasteiger partial charge in [-0.3, -0.25) is 9.59 Å². The number of anilines is 1. The molecule has 1 aromatic carbocycles. The van der Waals surface area contributed by atoms with Crippen LogP contribution in [0.4, 0.5) is 5.69 Å². The smallest absolute Gasteiger partial charge is 0.254 e. The van der Waals surface area contributed by atoms with E-state index >= 15 is 0 Å². The van der Waals surface area contributed by atoms with E-state index in [1.807, 2.05) is 6.92 Å². The molecule has 0 bridgehead atoms. The van der Waals surface area contributed by atoms with Crippen LogP contribution in [0.25, 0.3) is 0 Å². The molecular formula is C19H26N2O5S. The topological polar surface area (TPSA) is 92.8 Å². The molecule has 2 unspecified atom stereocenters. The molecule has 0 radical (unpaired) electrons. The maximum absolute atomic E-state index is 12.5. The predicted octanol–water partition coefficient (Wildman–Crippen LogP) is 1.70. The van der Waals surface area contributed by atoms with Crippen LogP contribution >= 0.6 is 0 Å². The Kier molecular flexibility index (Phi) is 6.16. The van der Waals surface area contributed by atoms with Gasteiger partial charge >= 0.3 is 0 Å². The number of morpholine rings is 1. The molecule has 8 heteroatoms. The van der Waals surface area contributed by atoms with Gasteiger partial charge in [0.05, 0.1) is 24.2 Å². The zero-order valence-corrected chi connectivity index (χ0v) is 16.3. The Morgan fingerprint density at radius 1 is 1.26 bits per heavy atom. The number of carbonyl (C=O) groups is 2. The zero-order chi connectivity index (χ0) is 19.4. The predicted molar refractivity (Wildman–Crippen MR) is 102 cm³/mol. The molecule has 0 saturated carbocycles. The minimum atomic E-state index is -2.90. The minimum Gasteiger partial charge on any atom is -0.375 e. The Labute approximate surface area is 160 Å². The van der Waals surface area contributed by atoms with Crippen molar-refractivity contribution in [3.05, 3.63) is 29.8 Å². The average Bonchev–Trinajstić information content (AvgIpc) is 2.99. The highest BCUT2D eigenvalue weighted by molar-refractivity contribution is 7.91. The Hall–Kier alpha value is -1.93. The molecule has 2 atom stereocenters. The van der Waals surface area contributed by atoms with Crippen molar-refractivity contribution in [2.24, 2.45) is 5.92 Å². The van der Waals surface area contributed by atoms with E-state index < -0.39 is 9.84 Å². The monoisotopic (exact) mass is 394 g/mol. The van der Waals surface area contributed by atoms with Crippen LogP contribution in [0.5, 0.6) is 0 Å². The standard InChI is InChI=1S/C19H26N2O5S/c1-14-12-21(9-10-26-14)19(23)16-3-5-17(6-4-16)20-18(22)7-2-15-8-11-27(24,25)13-15/h3-6,14-15H,2,7-13H2,1H3,(H,20,22). The van der Waals surface area contributed by atoms with Gasteiger partial charge in [-0.2, -0.15) is 0 Å². The van der Waals surface area contributed by atoms with Crippen molar-refractivity contribution < 1.29 is 22.7 Å². The summed E-state index contributed by atoms with van der Waals surface area (Å²) in [6.07, 6.45) is 1.56. The minimum absolute atomic E-state index is 0.0366. The third-order valence-corrected chi connectivity index (χ3v) is 6.89. The van der Waals surface area contributed by atoms with Gasteiger partial charge < -0.3 is 15.0 Å². The number of ether oxygens (including phenoxy) is 1. The summed E-state index contributed by atoms with van der Waals surface area (Å²) < 4.78 is 28.4. The Morgan fingerprint density at radius 3 is 2.63 bits per heavy atom. The van der Waals surface area contributed by atoms with Crippen LogP contribution in [-0.4, -0.2) is 62.4 Å². The van der Waals surface area contributed by atoms with Crippen LogP contribution < -0.4 is 5.32 Å². The summed E-state index contributed by atoms with van der Waals surface area (Å²) in [4.78, 5) is 26.4. The van der Waals surface area contributed by atoms with Crippen molar-refractivity contribution in [1.29, 1.82) is 0 Å². The first kappa shape index (κ1) is 19.8. The van der Waals surface area contributed by atoms with Crippen molar-refractivity contribution in [2.45, 2.75) is 32.3 Å². The summed E-state index contributed by atoms with van der Waals surface area (Å²) in [6, 6.07) is 6.85. The summed E-state index contributed by atoms with van der Waals surface area (Å²) in [7, 11) is -2.90. The van der Waals surface area contributed by atoms with E-state index in [-0.39, 0.29) is 35.3 Å². The van der Waals surface area contributed by atoms with Gasteiger partial charge in [-0.15, -0.1) is 0 Å². The summed E-state index contributed by atoms with van der Waals surface area (Å²) in [5.41, 5.74) is 1.21. The highest BCUT2D eigenvalue weighted by atomic mass is 32.2. The summed E-state index contributed by atoms with van der Waals surface area (Å²) in [6.45, 7) is 3.65. The molecule has 0 aliphatic carbocycles. The normalized spacial score (nSPS) is 24.6. The van der Waals surface area contributed by atoms with Gasteiger partial charge in [-0.05, 0) is 49.9 Å². The third kappa shape index (κ3) is 5.52. The van der Waals surface area contributed by atoms with Gasteiger partial charge in [0, 0.05) is 30.8 Å². The SMILES string of the molecule is CC1CN(C(=O)c2ccc(NC(=O)CCC3CCS(=O)(=O)C3)cc2)CCO1. The number of sulfone groups is 1. The number of carbonyl (C=O) groups excluding carboxylic acids is 2. The van der Waals surface area contributed by atoms with Crippen LogP contribution in [0.1, 0.15) is 36.5 Å². The van der Waals surface area contributed by atoms with Crippen LogP contribution in [-0.2, 0) is 19.4 Å². The fourth-order valence-corrected chi connectivity index (χ4v) is 5.45. The van der Waals surface area contributed by atoms with E-state index in [0.717, 1.165) is 0 Å². The first-order valence-electron chi connectivity index (χ1n) is 9.33. The van der Waals surface area contributed by atoms with Gasteiger partial charge in [0.2, 0.25) is 5.91 Å². The molecule has 2 aliphatic rings. The molecule has 3 rings (SSSR count). The molecule has 1 N–H and O–H groups in total. The van der Waals surface area contributed by atoms with Crippen LogP contribution in [0.15, 0.2) is 24.3 Å². The second-order valence-electron chi connectivity index (χ2n) is 7.37. The van der Waals surface area contributed by atoms with Gasteiger partial charge in [0.1, 0.15) is 0 Å². The molecule has 0 aromatic heterocycles. The van der Waals surface area contributed by atoms with E-state index in [2.05, 4.69) is 5.32 Å². The van der Waals surface area contributed by atoms with Crippen molar-refractivity contribution in [2.75, 3.05) is 36.5 Å². The van der Waals surface area contributed by atoms with Crippen molar-refractivity contribution in [3.8, 4) is 0 Å². The van der Waals surface area contributed by atoms with Crippen molar-refractivity contribution in [1.82, 2.24) is 4.90 Å². The lowest BCUT2D eigenvalue weighted by molar-refractivity contribution is -0.116. The number of nitrogens with one attached hydrogen (secondary N) is 1. The Bertz CT molecular complexity index is 791. The number of amides is 2. The van der Waals surface area contributed by atoms with Crippen LogP contribution in [0.3, 0.4) is 0 Å². The number of hydrogen-bond donors (Lipinski definition) is 1. The van der Waals surface area contributed by atoms with Crippen LogP contribution in [0.2, 0.25) is 0 Å². The van der Waals surface area contributed by atoms with Crippen molar-refractivity contribution in [3.63, 3.8) is 0 Å². The molecule has 1 aromatic rings. The molecule has 0 spiro atoms. The molecule has 27 heavy (non-hydrogen) atoms. The summed E-state index contributed by atoms with van der Waals surface area (Å²) >= 11 is 0. The molecule has 148 valence electrons. The number of hydrogen-bond acceptors (Lipinski definition) is 5. The average molecular weight is 394 g/mol. The molecule has 2 amide bonds. The molecule has 2 heterocycles. The molecule has 7 nitrogen and oxygen atoms in total. The van der Waals surface area contributed by atoms with Gasteiger partial charge in [0.15, 0.2) is 9.84 Å². The van der Waals surface area contributed by atoms with Gasteiger partial charge in [-0.1, -0.05) is 0 Å². The van der Waals surface area contributed by atoms with E-state index in [1.165, 1.54) is 0 Å². The number of nitrogens with zero attached hydrogens (tertiary/aromatic N) is 1. The maximum atomic E-state index is 12.5. The Morgan fingerprint density at radius 2 is 2.00 bits per heavy atom. The quantitative estimate of drug-likeness (QED) is 0.821. The molecule has 2 aliphatic heterocycles. The maximum Gasteiger partial charge on any atom is 0.254 e. The highest BCUT2D eigenvalue weighted by Crippen LogP contribution is 2.23. The molecule has 2 fully saturated rings. The van der Waals surface area contributed by atoms with Crippen LogP contribution in [0, 0.1) is 5.92 Å². The number of benzene rings is 1. The number of rotatable bonds is 5. The Balaban J connectivity index is 1.48. The van der Waals surface area contributed by atoms with E-state index in [1.54, 1.807) is 29.2 Å². The lowest BCUT2D eigenvalue weighted by Gasteiger charge is -2.31. The van der Waals surface area contributed by atoms with E-state index in [9.17, 15) is 18.0 Å². The second kappa shape index (κ2) is 8.39. The van der Waals surface area contributed by atoms with E-state index in [0.29, 0.717) is 50.2 Å². The summed E-state index contributed by atoms with van der Waals surface area (Å²) in [5.74, 6) is 0.330. The largest absolute Gasteiger partial charge is 0.375 e. The first-order valence-corrected chi connectivity index (χ1v) is 11.2. The molecular weight excluding hydrogens is 368 g/mol. The zero-order valence-electron chi connectivity index (χ0n) is 15.5. The lowest BCUT2D eigenvalue weighted by Crippen LogP contribution is -2.44. The van der Waals surface area contributed by atoms with Gasteiger partial charge in [0.25, 0.3) is 5.91 Å². The summed E-state index contributed by atoms with van der Waals surface area (Å²) in [5, 5.41) is 2.81. The second-order valence-corrected chi connectivity index (χ2v) is 9.59. The van der Waals surface area contributed by atoms with E-state index in [4.69, 9.17) is 4.74 Å². The third-order valence-electron chi connectivity index (χ3n) is 5.05. The molecule has 2 saturated heterocycles.